The van der Waals surface area contributed by atoms with Gasteiger partial charge in [-0.05, 0) is 13.0 Å². The van der Waals surface area contributed by atoms with Gasteiger partial charge in [0.05, 0.1) is 0 Å². The van der Waals surface area contributed by atoms with Crippen LogP contribution in [0, 0.1) is 0 Å². The number of carbonyl (C=O) groups excluding carboxylic acids is 1. The predicted octanol–water partition coefficient (Wildman–Crippen LogP) is 0.162. The summed E-state index contributed by atoms with van der Waals surface area (Å²) in [7, 11) is 0.746. The van der Waals surface area contributed by atoms with Gasteiger partial charge in [0.25, 0.3) is 5.91 Å². The molecule has 0 saturated heterocycles. The Labute approximate surface area is 63.4 Å². The molecule has 58 valence electrons. The lowest BCUT2D eigenvalue weighted by Crippen LogP contribution is -2.24. The van der Waals surface area contributed by atoms with Gasteiger partial charge in [-0.15, -0.1) is 0 Å². The standard InChI is InChI=1S/C4H6ClNO3S/c1-2-3-4(7)6-10(5,8)9/h2-3H,1H3,(H,6,7). The van der Waals surface area contributed by atoms with Gasteiger partial charge in [-0.3, -0.25) is 4.79 Å². The van der Waals surface area contributed by atoms with Crippen LogP contribution in [0.5, 0.6) is 0 Å². The summed E-state index contributed by atoms with van der Waals surface area (Å²) >= 11 is 0. The minimum Gasteiger partial charge on any atom is -0.269 e. The van der Waals surface area contributed by atoms with Crippen LogP contribution in [0.3, 0.4) is 0 Å². The first-order valence-electron chi connectivity index (χ1n) is 2.35. The van der Waals surface area contributed by atoms with Gasteiger partial charge in [0.15, 0.2) is 0 Å². The van der Waals surface area contributed by atoms with Crippen LogP contribution in [0.25, 0.3) is 0 Å². The monoisotopic (exact) mass is 183 g/mol. The van der Waals surface area contributed by atoms with Crippen LogP contribution < -0.4 is 4.72 Å². The van der Waals surface area contributed by atoms with Crippen molar-refractivity contribution in [3.63, 3.8) is 0 Å². The molecule has 0 unspecified atom stereocenters. The number of carbonyl (C=O) groups is 1. The average molecular weight is 184 g/mol. The first kappa shape index (κ1) is 9.45. The van der Waals surface area contributed by atoms with E-state index in [4.69, 9.17) is 0 Å². The van der Waals surface area contributed by atoms with Crippen molar-refractivity contribution in [2.45, 2.75) is 6.92 Å². The van der Waals surface area contributed by atoms with Crippen LogP contribution in [0.1, 0.15) is 6.92 Å². The molecular weight excluding hydrogens is 178 g/mol. The first-order chi connectivity index (χ1) is 4.45. The van der Waals surface area contributed by atoms with Gasteiger partial charge in [-0.1, -0.05) is 6.08 Å². The fraction of sp³-hybridized carbons (Fsp3) is 0.250. The average Bonchev–Trinajstić information content (AvgIpc) is 1.59. The van der Waals surface area contributed by atoms with E-state index in [1.54, 1.807) is 6.92 Å². The molecule has 6 heteroatoms. The molecule has 0 aliphatic carbocycles. The minimum atomic E-state index is -3.92. The van der Waals surface area contributed by atoms with E-state index in [9.17, 15) is 13.2 Å². The molecule has 0 bridgehead atoms. The molecule has 0 spiro atoms. The number of hydrogen-bond donors (Lipinski definition) is 1. The second kappa shape index (κ2) is 3.58. The highest BCUT2D eigenvalue weighted by atomic mass is 35.7. The van der Waals surface area contributed by atoms with Crippen molar-refractivity contribution in [3.05, 3.63) is 12.2 Å². The topological polar surface area (TPSA) is 63.2 Å². The molecule has 4 nitrogen and oxygen atoms in total. The van der Waals surface area contributed by atoms with E-state index in [1.807, 2.05) is 0 Å². The quantitative estimate of drug-likeness (QED) is 0.490. The van der Waals surface area contributed by atoms with Crippen molar-refractivity contribution in [2.75, 3.05) is 0 Å². The van der Waals surface area contributed by atoms with Crippen molar-refractivity contribution < 1.29 is 13.2 Å². The summed E-state index contributed by atoms with van der Waals surface area (Å²) in [5.41, 5.74) is 0. The number of nitrogens with one attached hydrogen (secondary N) is 1. The lowest BCUT2D eigenvalue weighted by molar-refractivity contribution is -0.114. The molecule has 0 aromatic rings. The molecular formula is C4H6ClNO3S. The molecule has 0 rings (SSSR count). The molecule has 10 heavy (non-hydrogen) atoms. The molecule has 0 fully saturated rings. The SMILES string of the molecule is CC=CC(=O)NS(=O)(=O)Cl. The highest BCUT2D eigenvalue weighted by Crippen LogP contribution is 1.88. The van der Waals surface area contributed by atoms with Crippen LogP contribution in [0.4, 0.5) is 0 Å². The Morgan fingerprint density at radius 2 is 2.10 bits per heavy atom. The van der Waals surface area contributed by atoms with Crippen molar-refractivity contribution in [1.82, 2.24) is 4.72 Å². The molecule has 0 aliphatic heterocycles. The molecule has 0 saturated carbocycles. The molecule has 1 N–H and O–H groups in total. The number of amides is 1. The van der Waals surface area contributed by atoms with Gasteiger partial charge < -0.3 is 0 Å². The zero-order valence-corrected chi connectivity index (χ0v) is 6.74. The highest BCUT2D eigenvalue weighted by Gasteiger charge is 2.05. The van der Waals surface area contributed by atoms with Crippen molar-refractivity contribution in [3.8, 4) is 0 Å². The van der Waals surface area contributed by atoms with Gasteiger partial charge in [-0.25, -0.2) is 4.72 Å². The van der Waals surface area contributed by atoms with E-state index in [2.05, 4.69) is 10.7 Å². The van der Waals surface area contributed by atoms with Crippen molar-refractivity contribution >= 4 is 25.8 Å². The Balaban J connectivity index is 4.07. The zero-order chi connectivity index (χ0) is 8.20. The third kappa shape index (κ3) is 5.58. The van der Waals surface area contributed by atoms with Crippen LogP contribution in [-0.2, 0) is 14.0 Å². The van der Waals surface area contributed by atoms with Crippen LogP contribution >= 0.6 is 10.7 Å². The smallest absolute Gasteiger partial charge is 0.269 e. The molecule has 0 atom stereocenters. The van der Waals surface area contributed by atoms with E-state index in [0.717, 1.165) is 6.08 Å². The Kier molecular flexibility index (Phi) is 3.38. The fourth-order valence-corrected chi connectivity index (χ4v) is 0.842. The molecule has 0 aliphatic rings. The van der Waals surface area contributed by atoms with Crippen LogP contribution in [-0.4, -0.2) is 14.3 Å². The summed E-state index contributed by atoms with van der Waals surface area (Å²) in [4.78, 5) is 10.4. The molecule has 1 amide bonds. The maximum absolute atomic E-state index is 10.4. The van der Waals surface area contributed by atoms with Gasteiger partial charge in [-0.2, -0.15) is 8.42 Å². The van der Waals surface area contributed by atoms with Crippen molar-refractivity contribution in [1.29, 1.82) is 0 Å². The van der Waals surface area contributed by atoms with Crippen LogP contribution in [0.15, 0.2) is 12.2 Å². The maximum Gasteiger partial charge on any atom is 0.321 e. The van der Waals surface area contributed by atoms with Crippen molar-refractivity contribution in [2.24, 2.45) is 0 Å². The largest absolute Gasteiger partial charge is 0.321 e. The highest BCUT2D eigenvalue weighted by molar-refractivity contribution is 8.12. The summed E-state index contributed by atoms with van der Waals surface area (Å²) < 4.78 is 21.8. The lowest BCUT2D eigenvalue weighted by Gasteiger charge is -1.92. The first-order valence-corrected chi connectivity index (χ1v) is 4.65. The Bertz CT molecular complexity index is 243. The third-order valence-corrected chi connectivity index (χ3v) is 1.22. The third-order valence-electron chi connectivity index (χ3n) is 0.541. The fourth-order valence-electron chi connectivity index (χ4n) is 0.306. The zero-order valence-electron chi connectivity index (χ0n) is 5.17. The van der Waals surface area contributed by atoms with E-state index in [1.165, 1.54) is 10.8 Å². The Morgan fingerprint density at radius 3 is 2.40 bits per heavy atom. The number of allylic oxidation sites excluding steroid dienone is 1. The molecule has 0 aromatic heterocycles. The van der Waals surface area contributed by atoms with Gasteiger partial charge in [0.2, 0.25) is 0 Å². The Hall–Kier alpha value is -0.550. The van der Waals surface area contributed by atoms with E-state index < -0.39 is 15.1 Å². The number of rotatable bonds is 2. The number of hydrogen-bond acceptors (Lipinski definition) is 3. The van der Waals surface area contributed by atoms with E-state index in [0.29, 0.717) is 0 Å². The van der Waals surface area contributed by atoms with Gasteiger partial charge in [0.1, 0.15) is 0 Å². The molecule has 0 heterocycles. The lowest BCUT2D eigenvalue weighted by atomic mass is 10.5. The number of halogens is 1. The van der Waals surface area contributed by atoms with E-state index >= 15 is 0 Å². The summed E-state index contributed by atoms with van der Waals surface area (Å²) in [5, 5.41) is 0. The predicted molar refractivity (Wildman–Crippen MR) is 37.7 cm³/mol. The van der Waals surface area contributed by atoms with Crippen LogP contribution in [0.2, 0.25) is 0 Å². The summed E-state index contributed by atoms with van der Waals surface area (Å²) in [6.07, 6.45) is 2.46. The normalized spacial score (nSPS) is 11.8. The molecule has 0 aromatic carbocycles. The molecule has 0 radical (unpaired) electrons. The second-order valence-electron chi connectivity index (χ2n) is 1.40. The minimum absolute atomic E-state index is 0.752. The Morgan fingerprint density at radius 1 is 1.60 bits per heavy atom. The summed E-state index contributed by atoms with van der Waals surface area (Å²) in [5.74, 6) is -0.752. The van der Waals surface area contributed by atoms with Gasteiger partial charge >= 0.3 is 9.24 Å². The van der Waals surface area contributed by atoms with E-state index in [-0.39, 0.29) is 0 Å². The second-order valence-corrected chi connectivity index (χ2v) is 3.70. The summed E-state index contributed by atoms with van der Waals surface area (Å²) in [6.45, 7) is 1.58. The maximum atomic E-state index is 10.4. The summed E-state index contributed by atoms with van der Waals surface area (Å²) in [6, 6.07) is 0. The van der Waals surface area contributed by atoms with Gasteiger partial charge in [0, 0.05) is 10.7 Å².